The Morgan fingerprint density at radius 1 is 1.17 bits per heavy atom. The van der Waals surface area contributed by atoms with E-state index in [1.54, 1.807) is 39.3 Å². The van der Waals surface area contributed by atoms with Gasteiger partial charge in [-0.3, -0.25) is 5.43 Å². The third-order valence-electron chi connectivity index (χ3n) is 3.18. The molecule has 2 aromatic rings. The van der Waals surface area contributed by atoms with Gasteiger partial charge in [0.25, 0.3) is 0 Å². The van der Waals surface area contributed by atoms with Crippen LogP contribution in [0.25, 0.3) is 5.69 Å². The molecule has 0 aliphatic heterocycles. The Balaban J connectivity index is 2.38. The van der Waals surface area contributed by atoms with Crippen LogP contribution in [0.5, 0.6) is 11.5 Å². The number of hydrazine groups is 1. The van der Waals surface area contributed by atoms with Gasteiger partial charge in [0.05, 0.1) is 19.9 Å². The first-order valence-corrected chi connectivity index (χ1v) is 7.29. The van der Waals surface area contributed by atoms with E-state index in [0.717, 1.165) is 13.0 Å². The van der Waals surface area contributed by atoms with E-state index in [1.165, 1.54) is 4.57 Å². The minimum Gasteiger partial charge on any atom is -0.493 e. The third kappa shape index (κ3) is 3.78. The second kappa shape index (κ2) is 7.59. The molecule has 2 N–H and O–H groups in total. The van der Waals surface area contributed by atoms with Crippen molar-refractivity contribution in [3.05, 3.63) is 34.5 Å². The minimum absolute atomic E-state index is 0.248. The third-order valence-corrected chi connectivity index (χ3v) is 3.18. The van der Waals surface area contributed by atoms with Gasteiger partial charge in [0.1, 0.15) is 5.82 Å². The Hall–Kier alpha value is -2.61. The van der Waals surface area contributed by atoms with Gasteiger partial charge < -0.3 is 9.47 Å². The predicted octanol–water partition coefficient (Wildman–Crippen LogP) is 1.28. The summed E-state index contributed by atoms with van der Waals surface area (Å²) < 4.78 is 11.9. The molecule has 0 aliphatic rings. The average molecular weight is 319 g/mol. The van der Waals surface area contributed by atoms with Crippen LogP contribution in [-0.4, -0.2) is 35.3 Å². The van der Waals surface area contributed by atoms with E-state index >= 15 is 0 Å². The quantitative estimate of drug-likeness (QED) is 0.587. The fourth-order valence-electron chi connectivity index (χ4n) is 2.09. The Labute approximate surface area is 134 Å². The number of anilines is 1. The Morgan fingerprint density at radius 3 is 2.52 bits per heavy atom. The lowest BCUT2D eigenvalue weighted by Crippen LogP contribution is -2.30. The Kier molecular flexibility index (Phi) is 5.53. The molecule has 1 aromatic heterocycles. The average Bonchev–Trinajstić information content (AvgIpc) is 2.54. The van der Waals surface area contributed by atoms with Crippen molar-refractivity contribution < 1.29 is 9.47 Å². The van der Waals surface area contributed by atoms with Gasteiger partial charge in [-0.15, -0.1) is 0 Å². The molecule has 0 radical (unpaired) electrons. The lowest BCUT2D eigenvalue weighted by atomic mass is 10.2. The summed E-state index contributed by atoms with van der Waals surface area (Å²) >= 11 is 0. The molecule has 0 atom stereocenters. The zero-order chi connectivity index (χ0) is 16.8. The van der Waals surface area contributed by atoms with Crippen molar-refractivity contribution in [2.45, 2.75) is 20.3 Å². The fourth-order valence-corrected chi connectivity index (χ4v) is 2.09. The van der Waals surface area contributed by atoms with Crippen LogP contribution in [0.4, 0.5) is 5.95 Å². The lowest BCUT2D eigenvalue weighted by molar-refractivity contribution is 0.355. The van der Waals surface area contributed by atoms with Crippen LogP contribution in [-0.2, 0) is 0 Å². The zero-order valence-corrected chi connectivity index (χ0v) is 13.7. The minimum atomic E-state index is -0.425. The molecule has 0 saturated heterocycles. The van der Waals surface area contributed by atoms with Gasteiger partial charge in [0.15, 0.2) is 11.5 Å². The maximum atomic E-state index is 12.3. The maximum absolute atomic E-state index is 12.3. The number of aryl methyl sites for hydroxylation is 1. The highest BCUT2D eigenvalue weighted by Gasteiger charge is 2.11. The van der Waals surface area contributed by atoms with Crippen molar-refractivity contribution in [1.29, 1.82) is 0 Å². The molecular weight excluding hydrogens is 298 g/mol. The summed E-state index contributed by atoms with van der Waals surface area (Å²) in [4.78, 5) is 20.5. The molecule has 124 valence electrons. The van der Waals surface area contributed by atoms with Gasteiger partial charge in [-0.2, -0.15) is 9.97 Å². The van der Waals surface area contributed by atoms with Crippen molar-refractivity contribution in [1.82, 2.24) is 20.0 Å². The topological polar surface area (TPSA) is 90.3 Å². The van der Waals surface area contributed by atoms with Crippen LogP contribution in [0.3, 0.4) is 0 Å². The van der Waals surface area contributed by atoms with Crippen molar-refractivity contribution in [3.63, 3.8) is 0 Å². The van der Waals surface area contributed by atoms with Gasteiger partial charge in [-0.05, 0) is 25.5 Å². The van der Waals surface area contributed by atoms with Crippen LogP contribution >= 0.6 is 0 Å². The summed E-state index contributed by atoms with van der Waals surface area (Å²) in [6.07, 6.45) is 0.953. The van der Waals surface area contributed by atoms with Crippen molar-refractivity contribution in [2.75, 3.05) is 26.2 Å². The maximum Gasteiger partial charge on any atom is 0.356 e. The summed E-state index contributed by atoms with van der Waals surface area (Å²) in [6, 6.07) is 5.19. The van der Waals surface area contributed by atoms with Crippen LogP contribution in [0.15, 0.2) is 23.0 Å². The largest absolute Gasteiger partial charge is 0.493 e. The SMILES string of the molecule is CCCNNc1nc(C)n(-c2ccc(OC)c(OC)c2)c(=O)n1. The molecule has 0 aliphatic carbocycles. The summed E-state index contributed by atoms with van der Waals surface area (Å²) in [7, 11) is 3.10. The van der Waals surface area contributed by atoms with Gasteiger partial charge in [0.2, 0.25) is 5.95 Å². The molecule has 0 saturated carbocycles. The molecule has 1 heterocycles. The molecule has 0 unspecified atom stereocenters. The number of hydrogen-bond acceptors (Lipinski definition) is 7. The number of ether oxygens (including phenoxy) is 2. The highest BCUT2D eigenvalue weighted by Crippen LogP contribution is 2.28. The van der Waals surface area contributed by atoms with Gasteiger partial charge in [-0.1, -0.05) is 6.92 Å². The number of nitrogens with zero attached hydrogens (tertiary/aromatic N) is 3. The summed E-state index contributed by atoms with van der Waals surface area (Å²) in [5, 5.41) is 0. The zero-order valence-electron chi connectivity index (χ0n) is 13.7. The van der Waals surface area contributed by atoms with Crippen LogP contribution < -0.4 is 26.0 Å². The van der Waals surface area contributed by atoms with Crippen LogP contribution in [0.1, 0.15) is 19.2 Å². The number of nitrogens with one attached hydrogen (secondary N) is 2. The van der Waals surface area contributed by atoms with E-state index < -0.39 is 5.69 Å². The number of hydrogen-bond donors (Lipinski definition) is 2. The number of methoxy groups -OCH3 is 2. The number of aromatic nitrogens is 3. The molecule has 2 rings (SSSR count). The monoisotopic (exact) mass is 319 g/mol. The molecular formula is C15H21N5O3. The van der Waals surface area contributed by atoms with Crippen molar-refractivity contribution >= 4 is 5.95 Å². The first-order valence-electron chi connectivity index (χ1n) is 7.29. The number of benzene rings is 1. The van der Waals surface area contributed by atoms with E-state index in [0.29, 0.717) is 23.0 Å². The molecule has 0 amide bonds. The first-order chi connectivity index (χ1) is 11.1. The van der Waals surface area contributed by atoms with Crippen molar-refractivity contribution in [3.8, 4) is 17.2 Å². The van der Waals surface area contributed by atoms with Gasteiger partial charge in [0, 0.05) is 12.6 Å². The molecule has 0 spiro atoms. The lowest BCUT2D eigenvalue weighted by Gasteiger charge is -2.13. The number of rotatable bonds is 7. The van der Waals surface area contributed by atoms with E-state index in [4.69, 9.17) is 9.47 Å². The molecule has 23 heavy (non-hydrogen) atoms. The smallest absolute Gasteiger partial charge is 0.356 e. The Bertz CT molecular complexity index is 730. The molecule has 8 nitrogen and oxygen atoms in total. The summed E-state index contributed by atoms with van der Waals surface area (Å²) in [5.74, 6) is 1.88. The highest BCUT2D eigenvalue weighted by atomic mass is 16.5. The predicted molar refractivity (Wildman–Crippen MR) is 87.4 cm³/mol. The van der Waals surface area contributed by atoms with E-state index in [-0.39, 0.29) is 5.95 Å². The van der Waals surface area contributed by atoms with Gasteiger partial charge >= 0.3 is 5.69 Å². The van der Waals surface area contributed by atoms with E-state index in [1.807, 2.05) is 6.92 Å². The summed E-state index contributed by atoms with van der Waals surface area (Å²) in [5.41, 5.74) is 5.94. The molecule has 8 heteroatoms. The molecule has 0 fully saturated rings. The first kappa shape index (κ1) is 16.8. The second-order valence-electron chi connectivity index (χ2n) is 4.80. The Morgan fingerprint density at radius 2 is 1.91 bits per heavy atom. The van der Waals surface area contributed by atoms with Crippen LogP contribution in [0.2, 0.25) is 0 Å². The summed E-state index contributed by atoms with van der Waals surface area (Å²) in [6.45, 7) is 4.53. The van der Waals surface area contributed by atoms with Crippen LogP contribution in [0, 0.1) is 6.92 Å². The van der Waals surface area contributed by atoms with E-state index in [9.17, 15) is 4.79 Å². The standard InChI is InChI=1S/C15H21N5O3/c1-5-8-16-19-14-17-10(2)20(15(21)18-14)11-6-7-12(22-3)13(9-11)23-4/h6-7,9,16H,5,8H2,1-4H3,(H,18,19,21). The normalized spacial score (nSPS) is 10.4. The van der Waals surface area contributed by atoms with E-state index in [2.05, 4.69) is 20.8 Å². The fraction of sp³-hybridized carbons (Fsp3) is 0.400. The highest BCUT2D eigenvalue weighted by molar-refractivity contribution is 5.49. The molecule has 0 bridgehead atoms. The second-order valence-corrected chi connectivity index (χ2v) is 4.80. The van der Waals surface area contributed by atoms with Crippen molar-refractivity contribution in [2.24, 2.45) is 0 Å². The molecule has 1 aromatic carbocycles. The van der Waals surface area contributed by atoms with Gasteiger partial charge in [-0.25, -0.2) is 14.8 Å².